The zero-order valence-electron chi connectivity index (χ0n) is 10.6. The number of carbonyl (C=O) groups is 1. The molecule has 1 aliphatic heterocycles. The molecule has 0 radical (unpaired) electrons. The van der Waals surface area contributed by atoms with Crippen molar-refractivity contribution in [3.63, 3.8) is 0 Å². The van der Waals surface area contributed by atoms with E-state index in [-0.39, 0.29) is 5.78 Å². The van der Waals surface area contributed by atoms with E-state index in [0.717, 1.165) is 24.2 Å². The predicted molar refractivity (Wildman–Crippen MR) is 64.7 cm³/mol. The van der Waals surface area contributed by atoms with Crippen molar-refractivity contribution < 1.29 is 9.53 Å². The van der Waals surface area contributed by atoms with Crippen LogP contribution in [0.25, 0.3) is 0 Å². The summed E-state index contributed by atoms with van der Waals surface area (Å²) in [4.78, 5) is 11.8. The highest BCUT2D eigenvalue weighted by molar-refractivity contribution is 5.93. The number of aromatic nitrogens is 2. The fraction of sp³-hybridized carbons (Fsp3) is 0.538. The van der Waals surface area contributed by atoms with Crippen LogP contribution in [0.2, 0.25) is 0 Å². The molecule has 4 nitrogen and oxygen atoms in total. The van der Waals surface area contributed by atoms with Crippen LogP contribution in [0.4, 0.5) is 0 Å². The number of ketones is 1. The average Bonchev–Trinajstić information content (AvgIpc) is 2.88. The largest absolute Gasteiger partial charge is 0.490 e. The first-order chi connectivity index (χ1) is 8.09. The molecular weight excluding hydrogens is 216 g/mol. The summed E-state index contributed by atoms with van der Waals surface area (Å²) in [6, 6.07) is 0. The monoisotopic (exact) mass is 234 g/mol. The molecule has 1 aliphatic rings. The number of aryl methyl sites for hydroxylation is 2. The smallest absolute Gasteiger partial charge is 0.197 e. The Hall–Kier alpha value is -1.58. The Balaban J connectivity index is 2.00. The minimum absolute atomic E-state index is 0.102. The van der Waals surface area contributed by atoms with E-state index in [1.165, 1.54) is 5.56 Å². The zero-order valence-corrected chi connectivity index (χ0v) is 10.6. The molecule has 1 aromatic rings. The van der Waals surface area contributed by atoms with Crippen LogP contribution in [0.15, 0.2) is 11.8 Å². The number of rotatable bonds is 4. The molecule has 0 aliphatic carbocycles. The molecule has 2 rings (SSSR count). The number of hydrogen-bond donors (Lipinski definition) is 0. The third-order valence-electron chi connectivity index (χ3n) is 3.24. The molecule has 2 heterocycles. The third kappa shape index (κ3) is 2.40. The summed E-state index contributed by atoms with van der Waals surface area (Å²) in [6.45, 7) is 4.66. The fourth-order valence-electron chi connectivity index (χ4n) is 2.15. The van der Waals surface area contributed by atoms with E-state index < -0.39 is 0 Å². The minimum Gasteiger partial charge on any atom is -0.490 e. The summed E-state index contributed by atoms with van der Waals surface area (Å²) in [7, 11) is 1.93. The minimum atomic E-state index is 0.102. The second kappa shape index (κ2) is 4.73. The molecule has 17 heavy (non-hydrogen) atoms. The highest BCUT2D eigenvalue weighted by atomic mass is 16.5. The van der Waals surface area contributed by atoms with Crippen molar-refractivity contribution in [2.45, 2.75) is 33.1 Å². The summed E-state index contributed by atoms with van der Waals surface area (Å²) in [5, 5.41) is 4.35. The number of allylic oxidation sites excluding steroid dienone is 1. The summed E-state index contributed by atoms with van der Waals surface area (Å²) in [5.74, 6) is 0.648. The van der Waals surface area contributed by atoms with Crippen molar-refractivity contribution in [3.05, 3.63) is 28.8 Å². The highest BCUT2D eigenvalue weighted by Crippen LogP contribution is 2.17. The van der Waals surface area contributed by atoms with Crippen molar-refractivity contribution in [3.8, 4) is 0 Å². The van der Waals surface area contributed by atoms with E-state index in [9.17, 15) is 4.79 Å². The lowest BCUT2D eigenvalue weighted by molar-refractivity contribution is -0.118. The van der Waals surface area contributed by atoms with Crippen LogP contribution in [-0.2, 0) is 23.0 Å². The maximum atomic E-state index is 11.8. The van der Waals surface area contributed by atoms with Gasteiger partial charge in [0.1, 0.15) is 0 Å². The predicted octanol–water partition coefficient (Wildman–Crippen LogP) is 1.84. The van der Waals surface area contributed by atoms with Gasteiger partial charge in [-0.15, -0.1) is 0 Å². The van der Waals surface area contributed by atoms with Gasteiger partial charge < -0.3 is 4.74 Å². The lowest BCUT2D eigenvalue weighted by atomic mass is 10.1. The van der Waals surface area contributed by atoms with Crippen molar-refractivity contribution in [2.75, 3.05) is 6.61 Å². The van der Waals surface area contributed by atoms with Crippen LogP contribution in [0, 0.1) is 13.8 Å². The molecule has 0 amide bonds. The van der Waals surface area contributed by atoms with E-state index in [4.69, 9.17) is 4.74 Å². The molecule has 0 spiro atoms. The first-order valence-corrected chi connectivity index (χ1v) is 5.95. The highest BCUT2D eigenvalue weighted by Gasteiger charge is 2.17. The lowest BCUT2D eigenvalue weighted by Crippen LogP contribution is -2.05. The Morgan fingerprint density at radius 1 is 1.53 bits per heavy atom. The summed E-state index contributed by atoms with van der Waals surface area (Å²) in [6.07, 6.45) is 3.97. The standard InChI is InChI=1S/C13H18N2O2/c1-9-11(10(2)15(3)14-9)6-7-12(16)13-5-4-8-17-13/h5H,4,6-8H2,1-3H3. The van der Waals surface area contributed by atoms with E-state index in [0.29, 0.717) is 18.8 Å². The molecule has 0 bridgehead atoms. The quantitative estimate of drug-likeness (QED) is 0.798. The van der Waals surface area contributed by atoms with Gasteiger partial charge in [0.2, 0.25) is 0 Å². The maximum absolute atomic E-state index is 11.8. The number of nitrogens with zero attached hydrogens (tertiary/aromatic N) is 2. The second-order valence-electron chi connectivity index (χ2n) is 4.40. The lowest BCUT2D eigenvalue weighted by Gasteiger charge is -2.03. The van der Waals surface area contributed by atoms with E-state index in [1.54, 1.807) is 0 Å². The molecule has 92 valence electrons. The molecule has 0 atom stereocenters. The van der Waals surface area contributed by atoms with Gasteiger partial charge in [-0.25, -0.2) is 0 Å². The maximum Gasteiger partial charge on any atom is 0.197 e. The second-order valence-corrected chi connectivity index (χ2v) is 4.40. The van der Waals surface area contributed by atoms with Gasteiger partial charge in [0.25, 0.3) is 0 Å². The Kier molecular flexibility index (Phi) is 3.31. The number of ether oxygens (including phenoxy) is 1. The summed E-state index contributed by atoms with van der Waals surface area (Å²) < 4.78 is 7.12. The Bertz CT molecular complexity index is 472. The number of hydrogen-bond acceptors (Lipinski definition) is 3. The van der Waals surface area contributed by atoms with Crippen LogP contribution in [-0.4, -0.2) is 22.2 Å². The normalized spacial score (nSPS) is 14.6. The van der Waals surface area contributed by atoms with Gasteiger partial charge in [-0.2, -0.15) is 5.10 Å². The van der Waals surface area contributed by atoms with Gasteiger partial charge in [-0.05, 0) is 31.9 Å². The molecule has 0 saturated heterocycles. The summed E-state index contributed by atoms with van der Waals surface area (Å²) in [5.41, 5.74) is 3.33. The first kappa shape index (κ1) is 11.9. The molecule has 0 aromatic carbocycles. The fourth-order valence-corrected chi connectivity index (χ4v) is 2.15. The van der Waals surface area contributed by atoms with Gasteiger partial charge in [0.05, 0.1) is 12.3 Å². The van der Waals surface area contributed by atoms with Crippen LogP contribution >= 0.6 is 0 Å². The van der Waals surface area contributed by atoms with Crippen LogP contribution in [0.5, 0.6) is 0 Å². The van der Waals surface area contributed by atoms with Crippen LogP contribution < -0.4 is 0 Å². The Morgan fingerprint density at radius 2 is 2.29 bits per heavy atom. The van der Waals surface area contributed by atoms with Crippen molar-refractivity contribution in [1.82, 2.24) is 9.78 Å². The van der Waals surface area contributed by atoms with Crippen LogP contribution in [0.1, 0.15) is 29.8 Å². The molecule has 0 saturated carbocycles. The van der Waals surface area contributed by atoms with Gasteiger partial charge in [0, 0.05) is 25.6 Å². The van der Waals surface area contributed by atoms with E-state index in [2.05, 4.69) is 5.10 Å². The van der Waals surface area contributed by atoms with Gasteiger partial charge >= 0.3 is 0 Å². The van der Waals surface area contributed by atoms with Gasteiger partial charge in [0.15, 0.2) is 11.5 Å². The molecule has 1 aromatic heterocycles. The molecule has 0 unspecified atom stereocenters. The topological polar surface area (TPSA) is 44.1 Å². The van der Waals surface area contributed by atoms with Gasteiger partial charge in [-0.1, -0.05) is 0 Å². The van der Waals surface area contributed by atoms with Crippen molar-refractivity contribution >= 4 is 5.78 Å². The average molecular weight is 234 g/mol. The zero-order chi connectivity index (χ0) is 12.4. The van der Waals surface area contributed by atoms with Crippen LogP contribution in [0.3, 0.4) is 0 Å². The van der Waals surface area contributed by atoms with E-state index in [1.807, 2.05) is 31.7 Å². The van der Waals surface area contributed by atoms with Gasteiger partial charge in [-0.3, -0.25) is 9.48 Å². The molecule has 4 heteroatoms. The molecule has 0 N–H and O–H groups in total. The first-order valence-electron chi connectivity index (χ1n) is 5.95. The number of carbonyl (C=O) groups excluding carboxylic acids is 1. The van der Waals surface area contributed by atoms with E-state index >= 15 is 0 Å². The molecule has 0 fully saturated rings. The summed E-state index contributed by atoms with van der Waals surface area (Å²) >= 11 is 0. The Labute approximate surface area is 101 Å². The third-order valence-corrected chi connectivity index (χ3v) is 3.24. The van der Waals surface area contributed by atoms with Crippen molar-refractivity contribution in [1.29, 1.82) is 0 Å². The van der Waals surface area contributed by atoms with Crippen molar-refractivity contribution in [2.24, 2.45) is 7.05 Å². The number of Topliss-reactive ketones (excluding diaryl/α,β-unsaturated/α-hetero) is 1. The Morgan fingerprint density at radius 3 is 2.82 bits per heavy atom. The molecular formula is C13H18N2O2. The SMILES string of the molecule is Cc1nn(C)c(C)c1CCC(=O)C1=CCCO1.